The molecule has 0 bridgehead atoms. The fraction of sp³-hybridized carbons (Fsp3) is 0.188. The number of rotatable bonds is 3. The van der Waals surface area contributed by atoms with E-state index in [1.165, 1.54) is 43.4 Å². The lowest BCUT2D eigenvalue weighted by Gasteiger charge is -2.05. The third kappa shape index (κ3) is 2.34. The molecule has 0 aliphatic carbocycles. The molecule has 0 spiro atoms. The number of carbonyl (C=O) groups is 3. The number of thiophene rings is 2. The van der Waals surface area contributed by atoms with Crippen LogP contribution in [0.5, 0.6) is 5.75 Å². The van der Waals surface area contributed by atoms with E-state index < -0.39 is 5.97 Å². The summed E-state index contributed by atoms with van der Waals surface area (Å²) in [6.45, 7) is 4.34. The summed E-state index contributed by atoms with van der Waals surface area (Å²) in [6.07, 6.45) is 0. The highest BCUT2D eigenvalue weighted by Gasteiger charge is 2.19. The van der Waals surface area contributed by atoms with E-state index in [4.69, 9.17) is 4.74 Å². The van der Waals surface area contributed by atoms with Crippen molar-refractivity contribution in [2.75, 3.05) is 0 Å². The molecule has 0 saturated carbocycles. The van der Waals surface area contributed by atoms with Crippen LogP contribution >= 0.6 is 22.7 Å². The van der Waals surface area contributed by atoms with E-state index in [-0.39, 0.29) is 11.6 Å². The third-order valence-corrected chi connectivity index (χ3v) is 5.47. The van der Waals surface area contributed by atoms with Crippen molar-refractivity contribution in [3.05, 3.63) is 28.0 Å². The van der Waals surface area contributed by atoms with Crippen molar-refractivity contribution in [2.24, 2.45) is 0 Å². The fourth-order valence-electron chi connectivity index (χ4n) is 2.32. The van der Waals surface area contributed by atoms with Crippen LogP contribution in [0.25, 0.3) is 20.2 Å². The molecule has 0 aliphatic rings. The van der Waals surface area contributed by atoms with Crippen LogP contribution < -0.4 is 4.74 Å². The summed E-state index contributed by atoms with van der Waals surface area (Å²) in [4.78, 5) is 35.4. The molecule has 2 heterocycles. The standard InChI is InChI=1S/C16H12O4S2/c1-7(17)12-6-21-16-10(12)4-14-11(15(16)20-9(3)19)5-13(22-14)8(2)18/h4-6H,1-3H3. The quantitative estimate of drug-likeness (QED) is 0.404. The lowest BCUT2D eigenvalue weighted by Crippen LogP contribution is -2.01. The van der Waals surface area contributed by atoms with Gasteiger partial charge < -0.3 is 4.74 Å². The summed E-state index contributed by atoms with van der Waals surface area (Å²) >= 11 is 2.70. The van der Waals surface area contributed by atoms with Crippen LogP contribution in [0.2, 0.25) is 0 Å². The van der Waals surface area contributed by atoms with E-state index in [1.807, 2.05) is 6.07 Å². The second-order valence-electron chi connectivity index (χ2n) is 4.96. The zero-order valence-corrected chi connectivity index (χ0v) is 13.8. The van der Waals surface area contributed by atoms with Gasteiger partial charge in [0.05, 0.1) is 9.58 Å². The van der Waals surface area contributed by atoms with Gasteiger partial charge in [0.15, 0.2) is 17.3 Å². The van der Waals surface area contributed by atoms with Crippen LogP contribution in [0.15, 0.2) is 17.5 Å². The van der Waals surface area contributed by atoms with Gasteiger partial charge in [0.2, 0.25) is 0 Å². The molecular formula is C16H12O4S2. The van der Waals surface area contributed by atoms with Gasteiger partial charge in [0.25, 0.3) is 0 Å². The third-order valence-electron chi connectivity index (χ3n) is 3.29. The summed E-state index contributed by atoms with van der Waals surface area (Å²) in [6, 6.07) is 3.63. The Labute approximate surface area is 134 Å². The molecule has 1 aromatic carbocycles. The number of fused-ring (bicyclic) bond motifs is 2. The topological polar surface area (TPSA) is 60.4 Å². The summed E-state index contributed by atoms with van der Waals surface area (Å²) in [5, 5.41) is 3.27. The average molecular weight is 332 g/mol. The SMILES string of the molecule is CC(=O)Oc1c2cc(C(C)=O)sc2cc2c(C(C)=O)csc12. The summed E-state index contributed by atoms with van der Waals surface area (Å²) in [5.74, 6) is -0.0729. The van der Waals surface area contributed by atoms with Gasteiger partial charge in [-0.3, -0.25) is 14.4 Å². The number of Topliss-reactive ketones (excluding diaryl/α,β-unsaturated/α-hetero) is 2. The van der Waals surface area contributed by atoms with Gasteiger partial charge in [-0.15, -0.1) is 22.7 Å². The molecule has 2 aromatic heterocycles. The van der Waals surface area contributed by atoms with Gasteiger partial charge in [-0.05, 0) is 26.0 Å². The first kappa shape index (κ1) is 14.9. The highest BCUT2D eigenvalue weighted by molar-refractivity contribution is 7.21. The summed E-state index contributed by atoms with van der Waals surface area (Å²) in [5.41, 5.74) is 0.605. The maximum absolute atomic E-state index is 11.8. The number of ketones is 2. The normalized spacial score (nSPS) is 11.0. The van der Waals surface area contributed by atoms with Gasteiger partial charge in [-0.25, -0.2) is 0 Å². The maximum Gasteiger partial charge on any atom is 0.308 e. The maximum atomic E-state index is 11.8. The number of ether oxygens (including phenoxy) is 1. The number of hydrogen-bond acceptors (Lipinski definition) is 6. The van der Waals surface area contributed by atoms with Crippen molar-refractivity contribution >= 4 is 60.4 Å². The number of carbonyl (C=O) groups excluding carboxylic acids is 3. The first-order chi connectivity index (χ1) is 10.4. The molecule has 0 unspecified atom stereocenters. The molecule has 6 heteroatoms. The Morgan fingerprint density at radius 1 is 1.00 bits per heavy atom. The van der Waals surface area contributed by atoms with Gasteiger partial charge in [-0.1, -0.05) is 0 Å². The lowest BCUT2D eigenvalue weighted by atomic mass is 10.1. The molecule has 0 aliphatic heterocycles. The van der Waals surface area contributed by atoms with Gasteiger partial charge in [0, 0.05) is 33.3 Å². The molecule has 0 saturated heterocycles. The molecule has 112 valence electrons. The largest absolute Gasteiger partial charge is 0.424 e. The highest BCUT2D eigenvalue weighted by atomic mass is 32.1. The van der Waals surface area contributed by atoms with E-state index in [0.717, 1.165) is 20.2 Å². The van der Waals surface area contributed by atoms with Crippen LogP contribution in [0.1, 0.15) is 40.8 Å². The molecule has 3 rings (SSSR count). The second-order valence-corrected chi connectivity index (χ2v) is 6.92. The van der Waals surface area contributed by atoms with Gasteiger partial charge >= 0.3 is 5.97 Å². The van der Waals surface area contributed by atoms with Crippen molar-refractivity contribution in [1.82, 2.24) is 0 Å². The van der Waals surface area contributed by atoms with E-state index >= 15 is 0 Å². The molecule has 0 amide bonds. The predicted molar refractivity (Wildman–Crippen MR) is 88.5 cm³/mol. The Morgan fingerprint density at radius 3 is 2.32 bits per heavy atom. The molecule has 0 atom stereocenters. The molecule has 0 fully saturated rings. The van der Waals surface area contributed by atoms with Crippen LogP contribution in [-0.2, 0) is 4.79 Å². The zero-order valence-electron chi connectivity index (χ0n) is 12.2. The van der Waals surface area contributed by atoms with Crippen LogP contribution in [0, 0.1) is 0 Å². The average Bonchev–Trinajstić information content (AvgIpc) is 3.01. The molecular weight excluding hydrogens is 320 g/mol. The minimum Gasteiger partial charge on any atom is -0.424 e. The number of esters is 1. The van der Waals surface area contributed by atoms with E-state index in [0.29, 0.717) is 16.2 Å². The first-order valence-corrected chi connectivity index (χ1v) is 8.26. The first-order valence-electron chi connectivity index (χ1n) is 6.56. The van der Waals surface area contributed by atoms with E-state index in [1.54, 1.807) is 11.4 Å². The van der Waals surface area contributed by atoms with Crippen molar-refractivity contribution < 1.29 is 19.1 Å². The molecule has 0 N–H and O–H groups in total. The van der Waals surface area contributed by atoms with Crippen LogP contribution in [0.3, 0.4) is 0 Å². The highest BCUT2D eigenvalue weighted by Crippen LogP contribution is 2.43. The van der Waals surface area contributed by atoms with Gasteiger partial charge in [-0.2, -0.15) is 0 Å². The zero-order chi connectivity index (χ0) is 16.0. The summed E-state index contributed by atoms with van der Waals surface area (Å²) < 4.78 is 6.96. The number of hydrogen-bond donors (Lipinski definition) is 0. The van der Waals surface area contributed by atoms with Crippen molar-refractivity contribution in [1.29, 1.82) is 0 Å². The molecule has 4 nitrogen and oxygen atoms in total. The Morgan fingerprint density at radius 2 is 1.73 bits per heavy atom. The van der Waals surface area contributed by atoms with Gasteiger partial charge in [0.1, 0.15) is 0 Å². The second kappa shape index (κ2) is 5.30. The molecule has 22 heavy (non-hydrogen) atoms. The van der Waals surface area contributed by atoms with Crippen molar-refractivity contribution in [2.45, 2.75) is 20.8 Å². The van der Waals surface area contributed by atoms with Crippen molar-refractivity contribution in [3.8, 4) is 5.75 Å². The Balaban J connectivity index is 2.42. The predicted octanol–water partition coefficient (Wildman–Crippen LogP) is 4.45. The Kier molecular flexibility index (Phi) is 3.58. The minimum atomic E-state index is -0.429. The minimum absolute atomic E-state index is 0.0369. The van der Waals surface area contributed by atoms with E-state index in [9.17, 15) is 14.4 Å². The smallest absolute Gasteiger partial charge is 0.308 e. The van der Waals surface area contributed by atoms with Crippen LogP contribution in [0.4, 0.5) is 0 Å². The Hall–Kier alpha value is -2.05. The fourth-order valence-corrected chi connectivity index (χ4v) is 4.40. The Bertz CT molecular complexity index is 942. The van der Waals surface area contributed by atoms with Crippen molar-refractivity contribution in [3.63, 3.8) is 0 Å². The summed E-state index contributed by atoms with van der Waals surface area (Å²) in [7, 11) is 0. The van der Waals surface area contributed by atoms with E-state index in [2.05, 4.69) is 0 Å². The monoisotopic (exact) mass is 332 g/mol. The lowest BCUT2D eigenvalue weighted by molar-refractivity contribution is -0.131. The molecule has 0 radical (unpaired) electrons. The van der Waals surface area contributed by atoms with Crippen LogP contribution in [-0.4, -0.2) is 17.5 Å². The number of benzene rings is 1. The molecule has 3 aromatic rings.